The number of H-pyrrole nitrogens is 1. The van der Waals surface area contributed by atoms with Crippen molar-refractivity contribution in [2.45, 2.75) is 19.3 Å². The number of hydrogen-bond donors (Lipinski definition) is 2. The maximum atomic E-state index is 6.47. The predicted octanol–water partition coefficient (Wildman–Crippen LogP) is 5.43. The summed E-state index contributed by atoms with van der Waals surface area (Å²) in [5.41, 5.74) is 9.86. The lowest BCUT2D eigenvalue weighted by Gasteiger charge is -2.07. The molecular weight excluding hydrogens is 343 g/mol. The summed E-state index contributed by atoms with van der Waals surface area (Å²) in [6.07, 6.45) is 2.89. The molecule has 0 atom stereocenters. The number of halogens is 2. The van der Waals surface area contributed by atoms with E-state index in [1.165, 1.54) is 5.56 Å². The fourth-order valence-electron chi connectivity index (χ4n) is 2.99. The van der Waals surface area contributed by atoms with E-state index in [9.17, 15) is 0 Å². The fraction of sp³-hybridized carbons (Fsp3) is 0.263. The first-order chi connectivity index (χ1) is 11.7. The molecule has 1 aromatic heterocycles. The molecule has 0 bridgehead atoms. The molecule has 0 saturated carbocycles. The third-order valence-corrected chi connectivity index (χ3v) is 4.85. The second kappa shape index (κ2) is 7.47. The Balaban J connectivity index is 2.15. The number of aromatic amines is 1. The molecule has 3 nitrogen and oxygen atoms in total. The Hall–Kier alpha value is -1.68. The van der Waals surface area contributed by atoms with Gasteiger partial charge in [0.15, 0.2) is 0 Å². The lowest BCUT2D eigenvalue weighted by Crippen LogP contribution is -1.99. The van der Waals surface area contributed by atoms with E-state index in [0.29, 0.717) is 16.6 Å². The highest BCUT2D eigenvalue weighted by Gasteiger charge is 2.17. The van der Waals surface area contributed by atoms with Crippen LogP contribution in [0, 0.1) is 0 Å². The first kappa shape index (κ1) is 17.2. The molecule has 126 valence electrons. The number of nitrogens with one attached hydrogen (secondary N) is 1. The van der Waals surface area contributed by atoms with E-state index in [4.69, 9.17) is 33.7 Å². The summed E-state index contributed by atoms with van der Waals surface area (Å²) >= 11 is 12.9. The number of unbranched alkanes of at least 4 members (excludes halogenated alkanes) is 1. The van der Waals surface area contributed by atoms with Gasteiger partial charge in [-0.2, -0.15) is 0 Å². The van der Waals surface area contributed by atoms with Gasteiger partial charge >= 0.3 is 0 Å². The van der Waals surface area contributed by atoms with Crippen LogP contribution >= 0.6 is 23.2 Å². The maximum Gasteiger partial charge on any atom is 0.118 e. The number of fused-ring (bicyclic) bond motifs is 1. The van der Waals surface area contributed by atoms with Gasteiger partial charge in [0.1, 0.15) is 5.75 Å². The topological polar surface area (TPSA) is 51.0 Å². The van der Waals surface area contributed by atoms with Gasteiger partial charge in [0, 0.05) is 11.1 Å². The van der Waals surface area contributed by atoms with Crippen molar-refractivity contribution in [1.82, 2.24) is 4.98 Å². The Kier molecular flexibility index (Phi) is 5.34. The van der Waals surface area contributed by atoms with Crippen LogP contribution < -0.4 is 10.5 Å². The minimum Gasteiger partial charge on any atom is -0.497 e. The molecule has 0 radical (unpaired) electrons. The molecule has 24 heavy (non-hydrogen) atoms. The highest BCUT2D eigenvalue weighted by atomic mass is 35.5. The summed E-state index contributed by atoms with van der Waals surface area (Å²) in [5.74, 6) is 0.829. The first-order valence-corrected chi connectivity index (χ1v) is 8.74. The summed E-state index contributed by atoms with van der Waals surface area (Å²) in [4.78, 5) is 3.47. The van der Waals surface area contributed by atoms with Crippen LogP contribution in [0.5, 0.6) is 5.75 Å². The molecule has 0 saturated heterocycles. The Morgan fingerprint density at radius 2 is 1.71 bits per heavy atom. The van der Waals surface area contributed by atoms with Crippen LogP contribution in [0.3, 0.4) is 0 Å². The molecule has 1 heterocycles. The van der Waals surface area contributed by atoms with Crippen LogP contribution in [-0.2, 0) is 6.42 Å². The standard InChI is InChI=1S/C19H20Cl2N2O/c1-24-13-7-5-12(6-8-13)18-14(4-2-3-11-22)17-15(20)9-10-16(21)19(17)23-18/h5-10,23H,2-4,11,22H2,1H3. The molecule has 0 aliphatic carbocycles. The van der Waals surface area contributed by atoms with E-state index >= 15 is 0 Å². The molecule has 0 aliphatic rings. The van der Waals surface area contributed by atoms with Gasteiger partial charge in [0.2, 0.25) is 0 Å². The molecule has 3 N–H and O–H groups in total. The molecule has 5 heteroatoms. The Morgan fingerprint density at radius 3 is 2.38 bits per heavy atom. The van der Waals surface area contributed by atoms with Gasteiger partial charge in [-0.05, 0) is 73.3 Å². The average Bonchev–Trinajstić information content (AvgIpc) is 2.99. The van der Waals surface area contributed by atoms with Gasteiger partial charge in [-0.3, -0.25) is 0 Å². The third kappa shape index (κ3) is 3.25. The smallest absolute Gasteiger partial charge is 0.118 e. The second-order valence-electron chi connectivity index (χ2n) is 5.73. The van der Waals surface area contributed by atoms with Gasteiger partial charge in [-0.1, -0.05) is 23.2 Å². The Morgan fingerprint density at radius 1 is 1.00 bits per heavy atom. The third-order valence-electron chi connectivity index (χ3n) is 4.22. The SMILES string of the molecule is COc1ccc(-c2[nH]c3c(Cl)ccc(Cl)c3c2CCCCN)cc1. The monoisotopic (exact) mass is 362 g/mol. The highest BCUT2D eigenvalue weighted by molar-refractivity contribution is 6.40. The van der Waals surface area contributed by atoms with Crippen LogP contribution in [0.1, 0.15) is 18.4 Å². The van der Waals surface area contributed by atoms with E-state index in [1.54, 1.807) is 7.11 Å². The van der Waals surface area contributed by atoms with Crippen molar-refractivity contribution in [1.29, 1.82) is 0 Å². The predicted molar refractivity (Wildman–Crippen MR) is 102 cm³/mol. The number of rotatable bonds is 6. The summed E-state index contributed by atoms with van der Waals surface area (Å²) in [6, 6.07) is 11.7. The molecule has 0 spiro atoms. The van der Waals surface area contributed by atoms with E-state index in [-0.39, 0.29) is 0 Å². The van der Waals surface area contributed by atoms with Crippen LogP contribution in [-0.4, -0.2) is 18.6 Å². The van der Waals surface area contributed by atoms with Crippen molar-refractivity contribution in [3.8, 4) is 17.0 Å². The van der Waals surface area contributed by atoms with Gasteiger partial charge in [-0.25, -0.2) is 0 Å². The number of aryl methyl sites for hydroxylation is 1. The van der Waals surface area contributed by atoms with Gasteiger partial charge in [0.05, 0.1) is 22.7 Å². The van der Waals surface area contributed by atoms with Crippen LogP contribution in [0.2, 0.25) is 10.0 Å². The number of benzene rings is 2. The number of methoxy groups -OCH3 is 1. The lowest BCUT2D eigenvalue weighted by atomic mass is 10.00. The number of hydrogen-bond acceptors (Lipinski definition) is 2. The van der Waals surface area contributed by atoms with Crippen LogP contribution in [0.15, 0.2) is 36.4 Å². The Bertz CT molecular complexity index is 841. The summed E-state index contributed by atoms with van der Waals surface area (Å²) in [7, 11) is 1.66. The minimum atomic E-state index is 0.675. The van der Waals surface area contributed by atoms with E-state index in [1.807, 2.05) is 36.4 Å². The molecule has 0 amide bonds. The lowest BCUT2D eigenvalue weighted by molar-refractivity contribution is 0.415. The molecule has 3 aromatic rings. The quantitative estimate of drug-likeness (QED) is 0.574. The van der Waals surface area contributed by atoms with Gasteiger partial charge < -0.3 is 15.5 Å². The zero-order valence-electron chi connectivity index (χ0n) is 13.5. The first-order valence-electron chi connectivity index (χ1n) is 7.98. The summed E-state index contributed by atoms with van der Waals surface area (Å²) in [5, 5.41) is 2.40. The molecule has 0 unspecified atom stereocenters. The van der Waals surface area contributed by atoms with Crippen LogP contribution in [0.4, 0.5) is 0 Å². The number of aromatic nitrogens is 1. The zero-order chi connectivity index (χ0) is 17.1. The van der Waals surface area contributed by atoms with Crippen molar-refractivity contribution in [2.24, 2.45) is 5.73 Å². The Labute approximate surface area is 151 Å². The average molecular weight is 363 g/mol. The van der Waals surface area contributed by atoms with Crippen molar-refractivity contribution >= 4 is 34.1 Å². The second-order valence-corrected chi connectivity index (χ2v) is 6.55. The maximum absolute atomic E-state index is 6.47. The molecule has 2 aromatic carbocycles. The van der Waals surface area contributed by atoms with Crippen molar-refractivity contribution < 1.29 is 4.74 Å². The summed E-state index contributed by atoms with van der Waals surface area (Å²) in [6.45, 7) is 0.689. The van der Waals surface area contributed by atoms with Gasteiger partial charge in [-0.15, -0.1) is 0 Å². The largest absolute Gasteiger partial charge is 0.497 e. The highest BCUT2D eigenvalue weighted by Crippen LogP contribution is 2.39. The normalized spacial score (nSPS) is 11.2. The van der Waals surface area contributed by atoms with Crippen molar-refractivity contribution in [2.75, 3.05) is 13.7 Å². The van der Waals surface area contributed by atoms with E-state index < -0.39 is 0 Å². The van der Waals surface area contributed by atoms with Gasteiger partial charge in [0.25, 0.3) is 0 Å². The molecule has 3 rings (SSSR count). The fourth-order valence-corrected chi connectivity index (χ4v) is 3.47. The van der Waals surface area contributed by atoms with E-state index in [2.05, 4.69) is 4.98 Å². The van der Waals surface area contributed by atoms with Crippen molar-refractivity contribution in [3.63, 3.8) is 0 Å². The van der Waals surface area contributed by atoms with E-state index in [0.717, 1.165) is 47.2 Å². The zero-order valence-corrected chi connectivity index (χ0v) is 15.0. The van der Waals surface area contributed by atoms with Crippen molar-refractivity contribution in [3.05, 3.63) is 52.0 Å². The molecular formula is C19H20Cl2N2O. The molecule has 0 fully saturated rings. The summed E-state index contributed by atoms with van der Waals surface area (Å²) < 4.78 is 5.25. The number of nitrogens with two attached hydrogens (primary N) is 1. The minimum absolute atomic E-state index is 0.675. The van der Waals surface area contributed by atoms with Crippen LogP contribution in [0.25, 0.3) is 22.2 Å². The number of ether oxygens (including phenoxy) is 1. The molecule has 0 aliphatic heterocycles.